The van der Waals surface area contributed by atoms with E-state index in [1.807, 2.05) is 18.4 Å². The van der Waals surface area contributed by atoms with E-state index in [-0.39, 0.29) is 11.9 Å². The molecule has 0 aromatic carbocycles. The number of fused-ring (bicyclic) bond motifs is 3. The Labute approximate surface area is 165 Å². The zero-order chi connectivity index (χ0) is 20.0. The van der Waals surface area contributed by atoms with Crippen molar-refractivity contribution in [3.05, 3.63) is 11.4 Å². The van der Waals surface area contributed by atoms with Gasteiger partial charge >= 0.3 is 12.0 Å². The van der Waals surface area contributed by atoms with Crippen LogP contribution in [0.1, 0.15) is 30.8 Å². The summed E-state index contributed by atoms with van der Waals surface area (Å²) < 4.78 is 9.60. The van der Waals surface area contributed by atoms with Gasteiger partial charge in [0.25, 0.3) is 5.91 Å². The van der Waals surface area contributed by atoms with Crippen molar-refractivity contribution in [3.8, 4) is 0 Å². The predicted molar refractivity (Wildman–Crippen MR) is 103 cm³/mol. The zero-order valence-electron chi connectivity index (χ0n) is 17.1. The van der Waals surface area contributed by atoms with Crippen molar-refractivity contribution in [1.29, 1.82) is 0 Å². The van der Waals surface area contributed by atoms with Crippen LogP contribution >= 0.6 is 0 Å². The molecule has 4 rings (SSSR count). The summed E-state index contributed by atoms with van der Waals surface area (Å²) in [4.78, 5) is 35.8. The topological polar surface area (TPSA) is 74.3 Å². The van der Waals surface area contributed by atoms with Crippen molar-refractivity contribution in [2.24, 2.45) is 4.99 Å². The first-order valence-corrected chi connectivity index (χ1v) is 10.0. The van der Waals surface area contributed by atoms with Gasteiger partial charge in [0.2, 0.25) is 11.9 Å². The summed E-state index contributed by atoms with van der Waals surface area (Å²) in [6.45, 7) is 11.6. The lowest BCUT2D eigenvalue weighted by molar-refractivity contribution is -0.688. The maximum absolute atomic E-state index is 13.1. The van der Waals surface area contributed by atoms with E-state index in [0.717, 1.165) is 63.1 Å². The number of nitrogens with zero attached hydrogens (tertiary/aromatic N) is 6. The molecule has 1 aromatic rings. The van der Waals surface area contributed by atoms with E-state index in [9.17, 15) is 9.59 Å². The molecule has 3 amide bonds. The second kappa shape index (κ2) is 7.29. The van der Waals surface area contributed by atoms with Gasteiger partial charge in [-0.2, -0.15) is 0 Å². The van der Waals surface area contributed by atoms with E-state index in [0.29, 0.717) is 12.4 Å². The Morgan fingerprint density at radius 1 is 1.18 bits per heavy atom. The summed E-state index contributed by atoms with van der Waals surface area (Å²) >= 11 is 0. The highest BCUT2D eigenvalue weighted by atomic mass is 16.5. The van der Waals surface area contributed by atoms with Crippen molar-refractivity contribution in [1.82, 2.24) is 19.3 Å². The number of carbonyl (C=O) groups excluding carboxylic acids is 2. The van der Waals surface area contributed by atoms with E-state index >= 15 is 0 Å². The summed E-state index contributed by atoms with van der Waals surface area (Å²) in [5.74, 6) is 1.11. The Kier molecular flexibility index (Phi) is 4.96. The fraction of sp³-hybridized carbons (Fsp3) is 0.684. The average Bonchev–Trinajstić information content (AvgIpc) is 3.19. The lowest BCUT2D eigenvalue weighted by Crippen LogP contribution is -2.57. The SMILES string of the molecule is CCCN1C(=O)C2C(=Nc3n2c(C)c(C)[n+]3CCN2CCOCC2)N(C)C1=O. The summed E-state index contributed by atoms with van der Waals surface area (Å²) in [6.07, 6.45) is 0.737. The van der Waals surface area contributed by atoms with Crippen LogP contribution < -0.4 is 4.57 Å². The van der Waals surface area contributed by atoms with Crippen LogP contribution in [0, 0.1) is 13.8 Å². The lowest BCUT2D eigenvalue weighted by Gasteiger charge is -2.33. The molecule has 152 valence electrons. The van der Waals surface area contributed by atoms with Gasteiger partial charge in [-0.15, -0.1) is 0 Å². The highest BCUT2D eigenvalue weighted by molar-refractivity contribution is 6.20. The van der Waals surface area contributed by atoms with Crippen LogP contribution in [0.25, 0.3) is 0 Å². The minimum atomic E-state index is -0.549. The number of hydrogen-bond donors (Lipinski definition) is 0. The molecule has 0 radical (unpaired) electrons. The maximum Gasteiger partial charge on any atom is 0.402 e. The van der Waals surface area contributed by atoms with Crippen molar-refractivity contribution in [2.45, 2.75) is 39.8 Å². The number of ether oxygens (including phenoxy) is 1. The van der Waals surface area contributed by atoms with Crippen LogP contribution in [0.3, 0.4) is 0 Å². The normalized spacial score (nSPS) is 22.6. The van der Waals surface area contributed by atoms with E-state index in [2.05, 4.69) is 16.4 Å². The third-order valence-electron chi connectivity index (χ3n) is 6.02. The fourth-order valence-electron chi connectivity index (χ4n) is 4.27. The molecule has 9 heteroatoms. The Morgan fingerprint density at radius 3 is 2.57 bits per heavy atom. The average molecular weight is 389 g/mol. The molecule has 3 aliphatic heterocycles. The molecule has 3 aliphatic rings. The van der Waals surface area contributed by atoms with E-state index in [4.69, 9.17) is 9.73 Å². The molecular formula is C19H29N6O3+. The molecular weight excluding hydrogens is 360 g/mol. The number of aromatic nitrogens is 2. The van der Waals surface area contributed by atoms with Gasteiger partial charge in [-0.1, -0.05) is 11.9 Å². The number of aliphatic imine (C=N–C) groups is 1. The molecule has 28 heavy (non-hydrogen) atoms. The number of amidine groups is 1. The molecule has 1 atom stereocenters. The van der Waals surface area contributed by atoms with Crippen molar-refractivity contribution < 1.29 is 18.9 Å². The van der Waals surface area contributed by atoms with Crippen LogP contribution in [0.15, 0.2) is 4.99 Å². The Balaban J connectivity index is 1.67. The number of amides is 3. The molecule has 1 aromatic heterocycles. The number of carbonyl (C=O) groups is 2. The number of morpholine rings is 1. The second-order valence-electron chi connectivity index (χ2n) is 7.65. The van der Waals surface area contributed by atoms with Gasteiger partial charge in [0.15, 0.2) is 0 Å². The Morgan fingerprint density at radius 2 is 1.89 bits per heavy atom. The van der Waals surface area contributed by atoms with Crippen LogP contribution in [0.2, 0.25) is 0 Å². The molecule has 2 saturated heterocycles. The number of imidazole rings is 1. The smallest absolute Gasteiger partial charge is 0.379 e. The van der Waals surface area contributed by atoms with Crippen molar-refractivity contribution in [3.63, 3.8) is 0 Å². The number of hydrogen-bond acceptors (Lipinski definition) is 5. The van der Waals surface area contributed by atoms with Crippen LogP contribution in [0.4, 0.5) is 10.7 Å². The second-order valence-corrected chi connectivity index (χ2v) is 7.65. The molecule has 0 N–H and O–H groups in total. The Bertz CT molecular complexity index is 839. The zero-order valence-corrected chi connectivity index (χ0v) is 17.1. The van der Waals surface area contributed by atoms with Gasteiger partial charge in [0.05, 0.1) is 19.8 Å². The number of likely N-dealkylation sites (N-methyl/N-ethyl adjacent to an activating group) is 1. The minimum absolute atomic E-state index is 0.180. The number of rotatable bonds is 5. The first kappa shape index (κ1) is 19.1. The molecule has 0 spiro atoms. The summed E-state index contributed by atoms with van der Waals surface area (Å²) in [5.41, 5.74) is 2.13. The van der Waals surface area contributed by atoms with Gasteiger partial charge in [0, 0.05) is 33.2 Å². The monoisotopic (exact) mass is 389 g/mol. The van der Waals surface area contributed by atoms with E-state index < -0.39 is 6.04 Å². The lowest BCUT2D eigenvalue weighted by atomic mass is 10.1. The van der Waals surface area contributed by atoms with Crippen LogP contribution in [-0.4, -0.2) is 83.5 Å². The molecule has 4 heterocycles. The van der Waals surface area contributed by atoms with Crippen LogP contribution in [0.5, 0.6) is 0 Å². The third-order valence-corrected chi connectivity index (χ3v) is 6.02. The highest BCUT2D eigenvalue weighted by Gasteiger charge is 2.53. The fourth-order valence-corrected chi connectivity index (χ4v) is 4.27. The highest BCUT2D eigenvalue weighted by Crippen LogP contribution is 2.35. The van der Waals surface area contributed by atoms with Crippen LogP contribution in [-0.2, 0) is 16.1 Å². The van der Waals surface area contributed by atoms with Gasteiger partial charge in [-0.3, -0.25) is 19.5 Å². The summed E-state index contributed by atoms with van der Waals surface area (Å²) in [7, 11) is 1.70. The molecule has 0 aliphatic carbocycles. The van der Waals surface area contributed by atoms with Gasteiger partial charge in [-0.25, -0.2) is 13.9 Å². The maximum atomic E-state index is 13.1. The molecule has 1 unspecified atom stereocenters. The van der Waals surface area contributed by atoms with Gasteiger partial charge in [-0.05, 0) is 20.3 Å². The largest absolute Gasteiger partial charge is 0.402 e. The van der Waals surface area contributed by atoms with Gasteiger partial charge < -0.3 is 4.74 Å². The quantitative estimate of drug-likeness (QED) is 0.692. The van der Waals surface area contributed by atoms with Gasteiger partial charge in [0.1, 0.15) is 11.4 Å². The standard InChI is InChI=1S/C19H29N6O3/c1-5-6-24-17(26)15-16(21(4)19(24)27)20-18-23(13(2)14(3)25(15)18)8-7-22-9-11-28-12-10-22/h15H,5-12H2,1-4H3/q+1. The Hall–Kier alpha value is -2.26. The summed E-state index contributed by atoms with van der Waals surface area (Å²) in [6, 6.07) is -0.838. The number of imide groups is 1. The predicted octanol–water partition coefficient (Wildman–Crippen LogP) is 0.613. The third kappa shape index (κ3) is 2.84. The molecule has 9 nitrogen and oxygen atoms in total. The first-order valence-electron chi connectivity index (χ1n) is 10.0. The molecule has 0 bridgehead atoms. The molecule has 0 saturated carbocycles. The molecule has 2 fully saturated rings. The number of urea groups is 1. The summed E-state index contributed by atoms with van der Waals surface area (Å²) in [5, 5.41) is 0. The van der Waals surface area contributed by atoms with E-state index in [1.165, 1.54) is 9.80 Å². The van der Waals surface area contributed by atoms with Crippen molar-refractivity contribution >= 4 is 23.7 Å². The first-order chi connectivity index (χ1) is 13.5. The van der Waals surface area contributed by atoms with E-state index in [1.54, 1.807) is 7.05 Å². The van der Waals surface area contributed by atoms with Crippen molar-refractivity contribution in [2.75, 3.05) is 46.4 Å². The minimum Gasteiger partial charge on any atom is -0.379 e.